The lowest BCUT2D eigenvalue weighted by atomic mass is 10.0. The number of rotatable bonds is 8. The summed E-state index contributed by atoms with van der Waals surface area (Å²) in [5, 5.41) is 12.0. The van der Waals surface area contributed by atoms with Crippen LogP contribution < -0.4 is 16.5 Å². The van der Waals surface area contributed by atoms with Gasteiger partial charge in [-0.1, -0.05) is 19.1 Å². The van der Waals surface area contributed by atoms with E-state index in [-0.39, 0.29) is 5.82 Å². The standard InChI is InChI=1S/C21H21N7O2/c1-2-15-12-26-20(28-19(15)16-5-3-14(11-22)4-6-16)21(29)30-27-10-9-24-18-8-7-17(23)13-25-18/h3-8,12-13,27H,2,9-10,23H2,1H3,(H,24,25). The van der Waals surface area contributed by atoms with Crippen molar-refractivity contribution in [2.24, 2.45) is 0 Å². The van der Waals surface area contributed by atoms with E-state index in [9.17, 15) is 4.79 Å². The van der Waals surface area contributed by atoms with E-state index in [1.807, 2.05) is 6.92 Å². The SMILES string of the molecule is CCc1cnc(C(=O)ONCCNc2ccc(N)cn2)nc1-c1ccc(C#N)cc1. The summed E-state index contributed by atoms with van der Waals surface area (Å²) in [7, 11) is 0. The Bertz CT molecular complexity index is 1040. The molecule has 0 atom stereocenters. The quantitative estimate of drug-likeness (QED) is 0.382. The first-order valence-electron chi connectivity index (χ1n) is 9.36. The minimum Gasteiger partial charge on any atom is -0.397 e. The first-order valence-corrected chi connectivity index (χ1v) is 9.36. The van der Waals surface area contributed by atoms with Gasteiger partial charge in [0.2, 0.25) is 5.82 Å². The second-order valence-electron chi connectivity index (χ2n) is 6.30. The minimum atomic E-state index is -0.682. The van der Waals surface area contributed by atoms with E-state index >= 15 is 0 Å². The highest BCUT2D eigenvalue weighted by atomic mass is 16.7. The van der Waals surface area contributed by atoms with E-state index in [2.05, 4.69) is 31.8 Å². The summed E-state index contributed by atoms with van der Waals surface area (Å²) < 4.78 is 0. The van der Waals surface area contributed by atoms with Crippen LogP contribution in [0.3, 0.4) is 0 Å². The van der Waals surface area contributed by atoms with Crippen LogP contribution in [0.25, 0.3) is 11.3 Å². The second-order valence-corrected chi connectivity index (χ2v) is 6.30. The van der Waals surface area contributed by atoms with Crippen molar-refractivity contribution in [2.75, 3.05) is 24.1 Å². The number of nitrogens with two attached hydrogens (primary N) is 1. The molecule has 0 aliphatic carbocycles. The molecule has 0 spiro atoms. The van der Waals surface area contributed by atoms with Crippen molar-refractivity contribution in [3.05, 3.63) is 65.7 Å². The van der Waals surface area contributed by atoms with E-state index in [4.69, 9.17) is 15.8 Å². The Labute approximate surface area is 173 Å². The van der Waals surface area contributed by atoms with Crippen LogP contribution in [0.4, 0.5) is 11.5 Å². The third-order valence-electron chi connectivity index (χ3n) is 4.20. The fourth-order valence-electron chi connectivity index (χ4n) is 2.63. The van der Waals surface area contributed by atoms with Crippen molar-refractivity contribution in [3.63, 3.8) is 0 Å². The number of carbonyl (C=O) groups excluding carboxylic acids is 1. The predicted octanol–water partition coefficient (Wildman–Crippen LogP) is 2.33. The number of nitrogens with zero attached hydrogens (tertiary/aromatic N) is 4. The van der Waals surface area contributed by atoms with Gasteiger partial charge in [-0.05, 0) is 36.2 Å². The number of aryl methyl sites for hydroxylation is 1. The largest absolute Gasteiger partial charge is 0.397 e. The van der Waals surface area contributed by atoms with Gasteiger partial charge in [0, 0.05) is 24.8 Å². The van der Waals surface area contributed by atoms with E-state index < -0.39 is 5.97 Å². The predicted molar refractivity (Wildman–Crippen MR) is 112 cm³/mol. The molecule has 2 aromatic heterocycles. The molecule has 0 aliphatic rings. The topological polar surface area (TPSA) is 139 Å². The molecule has 2 heterocycles. The molecule has 30 heavy (non-hydrogen) atoms. The van der Waals surface area contributed by atoms with Crippen molar-refractivity contribution in [1.29, 1.82) is 5.26 Å². The number of benzene rings is 1. The number of hydrogen-bond acceptors (Lipinski definition) is 9. The number of hydrogen-bond donors (Lipinski definition) is 3. The zero-order valence-electron chi connectivity index (χ0n) is 16.4. The summed E-state index contributed by atoms with van der Waals surface area (Å²) in [5.41, 5.74) is 11.6. The smallest absolute Gasteiger partial charge is 0.395 e. The number of pyridine rings is 1. The molecule has 9 nitrogen and oxygen atoms in total. The normalized spacial score (nSPS) is 10.3. The summed E-state index contributed by atoms with van der Waals surface area (Å²) in [6.45, 7) is 2.82. The molecule has 0 radical (unpaired) electrons. The number of aromatic nitrogens is 3. The zero-order chi connectivity index (χ0) is 21.3. The summed E-state index contributed by atoms with van der Waals surface area (Å²) >= 11 is 0. The molecule has 0 aliphatic heterocycles. The van der Waals surface area contributed by atoms with Crippen molar-refractivity contribution < 1.29 is 9.63 Å². The van der Waals surface area contributed by atoms with Gasteiger partial charge in [-0.15, -0.1) is 0 Å². The fraction of sp³-hybridized carbons (Fsp3) is 0.190. The Kier molecular flexibility index (Phi) is 6.87. The van der Waals surface area contributed by atoms with Crippen LogP contribution in [0.15, 0.2) is 48.8 Å². The van der Waals surface area contributed by atoms with Crippen LogP contribution in [-0.2, 0) is 11.3 Å². The molecule has 1 aromatic carbocycles. The highest BCUT2D eigenvalue weighted by Gasteiger charge is 2.15. The average Bonchev–Trinajstić information content (AvgIpc) is 2.79. The molecule has 152 valence electrons. The van der Waals surface area contributed by atoms with Gasteiger partial charge in [-0.25, -0.2) is 19.7 Å². The highest BCUT2D eigenvalue weighted by molar-refractivity contribution is 5.85. The van der Waals surface area contributed by atoms with Gasteiger partial charge >= 0.3 is 5.97 Å². The molecule has 0 amide bonds. The molecule has 3 rings (SSSR count). The lowest BCUT2D eigenvalue weighted by Gasteiger charge is -2.10. The van der Waals surface area contributed by atoms with Gasteiger partial charge < -0.3 is 15.9 Å². The highest BCUT2D eigenvalue weighted by Crippen LogP contribution is 2.22. The summed E-state index contributed by atoms with van der Waals surface area (Å²) in [6.07, 6.45) is 3.87. The Morgan fingerprint density at radius 1 is 1.13 bits per heavy atom. The Morgan fingerprint density at radius 2 is 1.93 bits per heavy atom. The van der Waals surface area contributed by atoms with Crippen LogP contribution in [0.2, 0.25) is 0 Å². The van der Waals surface area contributed by atoms with E-state index in [0.29, 0.717) is 42.3 Å². The molecular formula is C21H21N7O2. The van der Waals surface area contributed by atoms with Gasteiger partial charge in [-0.2, -0.15) is 10.7 Å². The maximum absolute atomic E-state index is 12.3. The van der Waals surface area contributed by atoms with Gasteiger partial charge in [-0.3, -0.25) is 0 Å². The number of hydroxylamine groups is 1. The van der Waals surface area contributed by atoms with Crippen LogP contribution in [0.1, 0.15) is 28.7 Å². The van der Waals surface area contributed by atoms with Crippen molar-refractivity contribution in [2.45, 2.75) is 13.3 Å². The van der Waals surface area contributed by atoms with Crippen molar-refractivity contribution >= 4 is 17.5 Å². The number of anilines is 2. The van der Waals surface area contributed by atoms with Crippen molar-refractivity contribution in [3.8, 4) is 17.3 Å². The van der Waals surface area contributed by atoms with Gasteiger partial charge in [0.1, 0.15) is 5.82 Å². The molecule has 0 saturated heterocycles. The molecule has 0 fully saturated rings. The zero-order valence-corrected chi connectivity index (χ0v) is 16.4. The maximum Gasteiger partial charge on any atom is 0.395 e. The van der Waals surface area contributed by atoms with E-state index in [0.717, 1.165) is 11.1 Å². The first kappa shape index (κ1) is 20.7. The van der Waals surface area contributed by atoms with Gasteiger partial charge in [0.25, 0.3) is 0 Å². The number of nitriles is 1. The fourth-order valence-corrected chi connectivity index (χ4v) is 2.63. The van der Waals surface area contributed by atoms with Crippen LogP contribution in [-0.4, -0.2) is 34.0 Å². The molecule has 3 aromatic rings. The molecule has 0 bridgehead atoms. The van der Waals surface area contributed by atoms with Gasteiger partial charge in [0.05, 0.1) is 29.2 Å². The van der Waals surface area contributed by atoms with Crippen LogP contribution in [0.5, 0.6) is 0 Å². The average molecular weight is 403 g/mol. The molecular weight excluding hydrogens is 382 g/mol. The Balaban J connectivity index is 1.58. The first-order chi connectivity index (χ1) is 14.6. The maximum atomic E-state index is 12.3. The minimum absolute atomic E-state index is 0.0489. The summed E-state index contributed by atoms with van der Waals surface area (Å²) in [5.74, 6) is -0.0618. The molecule has 0 unspecified atom stereocenters. The number of nitrogens with one attached hydrogen (secondary N) is 2. The second kappa shape index (κ2) is 9.95. The Hall–Kier alpha value is -4.03. The summed E-state index contributed by atoms with van der Waals surface area (Å²) in [6, 6.07) is 12.6. The molecule has 9 heteroatoms. The lowest BCUT2D eigenvalue weighted by molar-refractivity contribution is 0.0248. The molecule has 4 N–H and O–H groups in total. The van der Waals surface area contributed by atoms with Crippen molar-refractivity contribution in [1.82, 2.24) is 20.4 Å². The van der Waals surface area contributed by atoms with Crippen LogP contribution >= 0.6 is 0 Å². The number of carbonyl (C=O) groups is 1. The number of nitrogen functional groups attached to an aromatic ring is 1. The lowest BCUT2D eigenvalue weighted by Crippen LogP contribution is -2.27. The monoisotopic (exact) mass is 403 g/mol. The third kappa shape index (κ3) is 5.27. The van der Waals surface area contributed by atoms with Gasteiger partial charge in [0.15, 0.2) is 0 Å². The molecule has 0 saturated carbocycles. The summed E-state index contributed by atoms with van der Waals surface area (Å²) in [4.78, 5) is 29.9. The third-order valence-corrected chi connectivity index (χ3v) is 4.20. The Morgan fingerprint density at radius 3 is 2.60 bits per heavy atom. The van der Waals surface area contributed by atoms with E-state index in [1.54, 1.807) is 48.8 Å². The van der Waals surface area contributed by atoms with Crippen LogP contribution in [0, 0.1) is 11.3 Å². The van der Waals surface area contributed by atoms with E-state index in [1.165, 1.54) is 0 Å².